The van der Waals surface area contributed by atoms with Gasteiger partial charge in [0.1, 0.15) is 23.8 Å². The average Bonchev–Trinajstić information content (AvgIpc) is 3.41. The number of hydrogen-bond acceptors (Lipinski definition) is 7. The number of allylic oxidation sites excluding steroid dienone is 2. The molecule has 7 rings (SSSR count). The van der Waals surface area contributed by atoms with Crippen LogP contribution in [-0.2, 0) is 19.2 Å². The molecule has 0 bridgehead atoms. The first-order chi connectivity index (χ1) is 25.2. The molecule has 0 N–H and O–H groups in total. The number of unbranched alkanes of at least 4 members (excludes halogenated alkanes) is 1. The van der Waals surface area contributed by atoms with Crippen molar-refractivity contribution in [3.8, 4) is 17.2 Å². The minimum atomic E-state index is -0.594. The van der Waals surface area contributed by atoms with Gasteiger partial charge in [-0.3, -0.25) is 9.59 Å². The number of ether oxygens (including phenoxy) is 2. The molecule has 53 heavy (non-hydrogen) atoms. The van der Waals surface area contributed by atoms with Crippen molar-refractivity contribution in [3.05, 3.63) is 93.5 Å². The number of hydroxylamine groups is 2. The molecule has 0 spiro atoms. The molecular formula is C44H50N3O6+. The quantitative estimate of drug-likeness (QED) is 0.100. The van der Waals surface area contributed by atoms with Gasteiger partial charge in [0.05, 0.1) is 18.2 Å². The maximum atomic E-state index is 12.2. The van der Waals surface area contributed by atoms with Crippen molar-refractivity contribution in [3.63, 3.8) is 0 Å². The molecule has 0 radical (unpaired) electrons. The molecule has 3 aromatic rings. The summed E-state index contributed by atoms with van der Waals surface area (Å²) in [7, 11) is 0. The number of amides is 2. The van der Waals surface area contributed by atoms with E-state index in [1.165, 1.54) is 33.3 Å². The van der Waals surface area contributed by atoms with Gasteiger partial charge in [-0.1, -0.05) is 18.2 Å². The summed E-state index contributed by atoms with van der Waals surface area (Å²) in [5, 5.41) is 2.83. The van der Waals surface area contributed by atoms with E-state index in [-0.39, 0.29) is 30.3 Å². The Hall–Kier alpha value is -5.18. The van der Waals surface area contributed by atoms with E-state index < -0.39 is 17.8 Å². The van der Waals surface area contributed by atoms with Gasteiger partial charge in [-0.2, -0.15) is 0 Å². The lowest BCUT2D eigenvalue weighted by Gasteiger charge is -2.43. The fourth-order valence-electron chi connectivity index (χ4n) is 8.58. The summed E-state index contributed by atoms with van der Waals surface area (Å²) in [6.45, 7) is 20.0. The summed E-state index contributed by atoms with van der Waals surface area (Å²) in [4.78, 5) is 43.0. The summed E-state index contributed by atoms with van der Waals surface area (Å²) in [5.41, 5.74) is 9.11. The number of likely N-dealkylation sites (N-methyl/N-ethyl adjacent to an activating group) is 2. The maximum absolute atomic E-state index is 12.2. The number of carbonyl (C=O) groups is 3. The summed E-state index contributed by atoms with van der Waals surface area (Å²) in [6, 6.07) is 17.3. The number of nitrogens with zero attached hydrogens (tertiary/aromatic N) is 3. The predicted octanol–water partition coefficient (Wildman–Crippen LogP) is 6.92. The van der Waals surface area contributed by atoms with Gasteiger partial charge in [-0.15, -0.1) is 5.06 Å². The number of hydrogen-bond donors (Lipinski definition) is 0. The van der Waals surface area contributed by atoms with Crippen LogP contribution >= 0.6 is 0 Å². The highest BCUT2D eigenvalue weighted by Gasteiger charge is 2.36. The van der Waals surface area contributed by atoms with Crippen molar-refractivity contribution in [1.29, 1.82) is 0 Å². The Morgan fingerprint density at radius 3 is 2.23 bits per heavy atom. The third kappa shape index (κ3) is 6.55. The van der Waals surface area contributed by atoms with Crippen LogP contribution in [-0.4, -0.2) is 53.6 Å². The number of fused-ring (bicyclic) bond motifs is 4. The van der Waals surface area contributed by atoms with Crippen LogP contribution in [0.2, 0.25) is 0 Å². The van der Waals surface area contributed by atoms with E-state index in [0.29, 0.717) is 24.5 Å². The molecule has 9 nitrogen and oxygen atoms in total. The summed E-state index contributed by atoms with van der Waals surface area (Å²) < 4.78 is 15.4. The standard InChI is InChI=1S/C44H50N3O6/c1-9-45-35-23-37-33(21-31(35)27(3)25-43(45,5)6)42(34-22-32-28(4)26-44(7,8)46(10-2)36(32)24-38(34)52-37)29-14-16-30(17-15-29)51-20-12-11-13-41(50)53-47-39(48)18-19-40(47)49/h14-17,21-26H,9-13,18-20H2,1-8H3/q+1. The minimum absolute atomic E-state index is 0.0785. The van der Waals surface area contributed by atoms with Crippen LogP contribution in [0.5, 0.6) is 17.2 Å². The van der Waals surface area contributed by atoms with E-state index in [0.717, 1.165) is 52.3 Å². The Kier molecular flexibility index (Phi) is 9.33. The topological polar surface area (TPSA) is 88.4 Å². The van der Waals surface area contributed by atoms with Crippen molar-refractivity contribution in [2.45, 2.75) is 98.6 Å². The molecule has 2 amide bonds. The van der Waals surface area contributed by atoms with Crippen LogP contribution in [0.3, 0.4) is 0 Å². The van der Waals surface area contributed by atoms with Crippen LogP contribution < -0.4 is 29.5 Å². The van der Waals surface area contributed by atoms with Gasteiger partial charge < -0.3 is 19.2 Å². The molecule has 4 aliphatic rings. The van der Waals surface area contributed by atoms with Crippen LogP contribution in [0, 0.1) is 0 Å². The van der Waals surface area contributed by atoms with Crippen molar-refractivity contribution in [2.75, 3.05) is 24.6 Å². The SMILES string of the molecule is CCN1c2cc3c(cc2C(C)=CC1(C)C)C(c1ccc(OCCCCC(=O)ON2C(=O)CCC2=O)cc1)=c1cc2c(cc1O3)=[N+](CC)C(C)(C)C=C2C. The first-order valence-electron chi connectivity index (χ1n) is 18.9. The van der Waals surface area contributed by atoms with Crippen LogP contribution in [0.25, 0.3) is 16.7 Å². The fourth-order valence-corrected chi connectivity index (χ4v) is 8.58. The van der Waals surface area contributed by atoms with Crippen molar-refractivity contribution < 1.29 is 28.7 Å². The third-order valence-corrected chi connectivity index (χ3v) is 10.9. The molecule has 1 fully saturated rings. The largest absolute Gasteiger partial charge is 0.494 e. The van der Waals surface area contributed by atoms with Crippen LogP contribution in [0.15, 0.2) is 60.7 Å². The highest BCUT2D eigenvalue weighted by molar-refractivity contribution is 6.01. The summed E-state index contributed by atoms with van der Waals surface area (Å²) in [5.74, 6) is 0.877. The highest BCUT2D eigenvalue weighted by atomic mass is 16.7. The van der Waals surface area contributed by atoms with Gasteiger partial charge in [-0.25, -0.2) is 9.37 Å². The average molecular weight is 717 g/mol. The molecule has 0 aliphatic carbocycles. The van der Waals surface area contributed by atoms with Gasteiger partial charge in [0, 0.05) is 78.9 Å². The maximum Gasteiger partial charge on any atom is 0.333 e. The molecule has 0 atom stereocenters. The fraction of sp³-hybridized carbons (Fsp3) is 0.409. The molecule has 276 valence electrons. The Morgan fingerprint density at radius 2 is 1.55 bits per heavy atom. The zero-order valence-corrected chi connectivity index (χ0v) is 32.2. The third-order valence-electron chi connectivity index (χ3n) is 10.9. The van der Waals surface area contributed by atoms with E-state index in [9.17, 15) is 14.4 Å². The Bertz CT molecular complexity index is 2210. The lowest BCUT2D eigenvalue weighted by molar-refractivity contribution is -0.197. The number of anilines is 1. The van der Waals surface area contributed by atoms with Gasteiger partial charge in [0.2, 0.25) is 5.36 Å². The van der Waals surface area contributed by atoms with E-state index in [4.69, 9.17) is 14.3 Å². The number of carbonyl (C=O) groups excluding carboxylic acids is 3. The van der Waals surface area contributed by atoms with Gasteiger partial charge in [-0.05, 0) is 101 Å². The molecule has 0 aromatic heterocycles. The number of benzene rings is 3. The van der Waals surface area contributed by atoms with E-state index in [2.05, 4.69) is 113 Å². The first kappa shape index (κ1) is 36.2. The molecule has 3 aromatic carbocycles. The van der Waals surface area contributed by atoms with E-state index in [1.54, 1.807) is 0 Å². The van der Waals surface area contributed by atoms with Crippen LogP contribution in [0.1, 0.15) is 110 Å². The number of rotatable bonds is 10. The molecule has 4 heterocycles. The monoisotopic (exact) mass is 716 g/mol. The van der Waals surface area contributed by atoms with Crippen LogP contribution in [0.4, 0.5) is 5.69 Å². The van der Waals surface area contributed by atoms with Gasteiger partial charge >= 0.3 is 5.97 Å². The van der Waals surface area contributed by atoms with E-state index in [1.807, 2.05) is 12.1 Å². The Balaban J connectivity index is 1.22. The molecule has 0 unspecified atom stereocenters. The minimum Gasteiger partial charge on any atom is -0.494 e. The molecule has 0 saturated carbocycles. The van der Waals surface area contributed by atoms with Crippen molar-refractivity contribution in [2.24, 2.45) is 0 Å². The number of imide groups is 1. The summed E-state index contributed by atoms with van der Waals surface area (Å²) >= 11 is 0. The molecule has 9 heteroatoms. The summed E-state index contributed by atoms with van der Waals surface area (Å²) in [6.07, 6.45) is 6.09. The molecular weight excluding hydrogens is 666 g/mol. The molecule has 4 aliphatic heterocycles. The van der Waals surface area contributed by atoms with Crippen molar-refractivity contribution >= 4 is 40.2 Å². The first-order valence-corrected chi connectivity index (χ1v) is 18.9. The smallest absolute Gasteiger partial charge is 0.333 e. The zero-order chi connectivity index (χ0) is 37.8. The predicted molar refractivity (Wildman–Crippen MR) is 207 cm³/mol. The Morgan fingerprint density at radius 1 is 0.849 bits per heavy atom. The highest BCUT2D eigenvalue weighted by Crippen LogP contribution is 2.46. The Labute approximate surface area is 311 Å². The van der Waals surface area contributed by atoms with Gasteiger partial charge in [0.15, 0.2) is 5.54 Å². The van der Waals surface area contributed by atoms with Gasteiger partial charge in [0.25, 0.3) is 11.8 Å². The second kappa shape index (κ2) is 13.7. The lowest BCUT2D eigenvalue weighted by atomic mass is 9.84. The zero-order valence-electron chi connectivity index (χ0n) is 32.2. The second-order valence-corrected chi connectivity index (χ2v) is 15.5. The van der Waals surface area contributed by atoms with E-state index >= 15 is 0 Å². The lowest BCUT2D eigenvalue weighted by Crippen LogP contribution is -2.49. The second-order valence-electron chi connectivity index (χ2n) is 15.5. The molecule has 1 saturated heterocycles. The van der Waals surface area contributed by atoms with Crippen molar-refractivity contribution in [1.82, 2.24) is 9.64 Å². The normalized spacial score (nSPS) is 18.0.